The lowest BCUT2D eigenvalue weighted by Gasteiger charge is -2.06. The number of aromatic nitrogens is 2. The number of nitrogens with one attached hydrogen (secondary N) is 2. The standard InChI is InChI=1S/C14H13N3O4S/c1-8-5-11(18)17-14(15-8)22-7-12(19)16-10-4-2-3-9(6-10)13(20)21/h2-6H,7H2,1H3,(H,16,19)(H,20,21)(H,15,17,18). The molecule has 22 heavy (non-hydrogen) atoms. The van der Waals surface area contributed by atoms with Crippen LogP contribution in [0.25, 0.3) is 0 Å². The van der Waals surface area contributed by atoms with Gasteiger partial charge in [-0.05, 0) is 25.1 Å². The van der Waals surface area contributed by atoms with E-state index < -0.39 is 5.97 Å². The Bertz CT molecular complexity index is 773. The number of anilines is 1. The highest BCUT2D eigenvalue weighted by Gasteiger charge is 2.08. The van der Waals surface area contributed by atoms with Crippen molar-refractivity contribution in [2.45, 2.75) is 12.1 Å². The minimum atomic E-state index is -1.06. The molecule has 0 aliphatic rings. The molecule has 1 aromatic carbocycles. The van der Waals surface area contributed by atoms with Crippen LogP contribution in [-0.4, -0.2) is 32.7 Å². The van der Waals surface area contributed by atoms with Gasteiger partial charge in [0, 0.05) is 17.4 Å². The van der Waals surface area contributed by atoms with Gasteiger partial charge in [0.2, 0.25) is 5.91 Å². The molecule has 2 aromatic rings. The minimum Gasteiger partial charge on any atom is -0.478 e. The van der Waals surface area contributed by atoms with Gasteiger partial charge in [0.05, 0.1) is 11.3 Å². The smallest absolute Gasteiger partial charge is 0.335 e. The van der Waals surface area contributed by atoms with Gasteiger partial charge in [-0.3, -0.25) is 9.59 Å². The number of hydrogen-bond acceptors (Lipinski definition) is 5. The van der Waals surface area contributed by atoms with Gasteiger partial charge < -0.3 is 15.4 Å². The number of carbonyl (C=O) groups is 2. The fourth-order valence-electron chi connectivity index (χ4n) is 1.68. The van der Waals surface area contributed by atoms with E-state index >= 15 is 0 Å². The van der Waals surface area contributed by atoms with Crippen LogP contribution in [0, 0.1) is 6.92 Å². The van der Waals surface area contributed by atoms with E-state index in [-0.39, 0.29) is 22.8 Å². The van der Waals surface area contributed by atoms with Gasteiger partial charge in [-0.1, -0.05) is 17.8 Å². The number of rotatable bonds is 5. The van der Waals surface area contributed by atoms with Crippen LogP contribution >= 0.6 is 11.8 Å². The maximum absolute atomic E-state index is 11.8. The number of thioether (sulfide) groups is 1. The number of nitrogens with zero attached hydrogens (tertiary/aromatic N) is 1. The van der Waals surface area contributed by atoms with Gasteiger partial charge in [-0.2, -0.15) is 0 Å². The molecule has 0 spiro atoms. The molecule has 0 saturated heterocycles. The number of benzene rings is 1. The second-order valence-corrected chi connectivity index (χ2v) is 5.38. The molecule has 0 fully saturated rings. The quantitative estimate of drug-likeness (QED) is 0.569. The van der Waals surface area contributed by atoms with Gasteiger partial charge in [0.25, 0.3) is 5.56 Å². The second kappa shape index (κ2) is 6.90. The number of carboxylic acid groups (broad SMARTS) is 1. The first-order chi connectivity index (χ1) is 10.4. The Balaban J connectivity index is 1.97. The lowest BCUT2D eigenvalue weighted by molar-refractivity contribution is -0.113. The van der Waals surface area contributed by atoms with Crippen molar-refractivity contribution >= 4 is 29.3 Å². The van der Waals surface area contributed by atoms with Crippen LogP contribution in [0.15, 0.2) is 40.3 Å². The molecular formula is C14H13N3O4S. The van der Waals surface area contributed by atoms with Crippen molar-refractivity contribution in [3.8, 4) is 0 Å². The van der Waals surface area contributed by atoms with Crippen LogP contribution < -0.4 is 10.9 Å². The molecule has 0 bridgehead atoms. The highest BCUT2D eigenvalue weighted by Crippen LogP contribution is 2.14. The van der Waals surface area contributed by atoms with Crippen molar-refractivity contribution < 1.29 is 14.7 Å². The predicted octanol–water partition coefficient (Wildman–Crippen LogP) is 1.51. The summed E-state index contributed by atoms with van der Waals surface area (Å²) in [5, 5.41) is 11.8. The number of amides is 1. The molecule has 7 nitrogen and oxygen atoms in total. The predicted molar refractivity (Wildman–Crippen MR) is 82.3 cm³/mol. The zero-order valence-corrected chi connectivity index (χ0v) is 12.4. The van der Waals surface area contributed by atoms with Crippen LogP contribution in [-0.2, 0) is 4.79 Å². The molecule has 1 heterocycles. The summed E-state index contributed by atoms with van der Waals surface area (Å²) in [6, 6.07) is 7.32. The van der Waals surface area contributed by atoms with E-state index in [1.165, 1.54) is 18.2 Å². The first-order valence-electron chi connectivity index (χ1n) is 6.28. The monoisotopic (exact) mass is 319 g/mol. The summed E-state index contributed by atoms with van der Waals surface area (Å²) in [5.41, 5.74) is 0.789. The van der Waals surface area contributed by atoms with E-state index in [4.69, 9.17) is 5.11 Å². The van der Waals surface area contributed by atoms with Crippen molar-refractivity contribution in [3.05, 3.63) is 51.9 Å². The maximum atomic E-state index is 11.8. The van der Waals surface area contributed by atoms with Gasteiger partial charge in [0.15, 0.2) is 5.16 Å². The molecule has 3 N–H and O–H groups in total. The highest BCUT2D eigenvalue weighted by molar-refractivity contribution is 7.99. The molecular weight excluding hydrogens is 306 g/mol. The number of H-pyrrole nitrogens is 1. The average Bonchev–Trinajstić information content (AvgIpc) is 2.44. The number of carbonyl (C=O) groups excluding carboxylic acids is 1. The molecule has 1 aromatic heterocycles. The summed E-state index contributed by atoms with van der Waals surface area (Å²) in [4.78, 5) is 40.6. The van der Waals surface area contributed by atoms with Crippen LogP contribution in [0.3, 0.4) is 0 Å². The summed E-state index contributed by atoms with van der Waals surface area (Å²) < 4.78 is 0. The van der Waals surface area contributed by atoms with E-state index in [1.54, 1.807) is 19.1 Å². The lowest BCUT2D eigenvalue weighted by atomic mass is 10.2. The van der Waals surface area contributed by atoms with Gasteiger partial charge in [-0.25, -0.2) is 9.78 Å². The van der Waals surface area contributed by atoms with Crippen molar-refractivity contribution in [1.82, 2.24) is 9.97 Å². The van der Waals surface area contributed by atoms with E-state index in [9.17, 15) is 14.4 Å². The van der Waals surface area contributed by atoms with Gasteiger partial charge in [0.1, 0.15) is 0 Å². The van der Waals surface area contributed by atoms with Gasteiger partial charge >= 0.3 is 5.97 Å². The summed E-state index contributed by atoms with van der Waals surface area (Å²) >= 11 is 1.09. The van der Waals surface area contributed by atoms with E-state index in [1.807, 2.05) is 0 Å². The maximum Gasteiger partial charge on any atom is 0.335 e. The largest absolute Gasteiger partial charge is 0.478 e. The molecule has 0 saturated carbocycles. The van der Waals surface area contributed by atoms with E-state index in [0.717, 1.165) is 11.8 Å². The Morgan fingerprint density at radius 2 is 2.14 bits per heavy atom. The SMILES string of the molecule is Cc1cc(=O)[nH]c(SCC(=O)Nc2cccc(C(=O)O)c2)n1. The summed E-state index contributed by atoms with van der Waals surface area (Å²) in [6.07, 6.45) is 0. The van der Waals surface area contributed by atoms with Crippen molar-refractivity contribution in [2.24, 2.45) is 0 Å². The summed E-state index contributed by atoms with van der Waals surface area (Å²) in [7, 11) is 0. The van der Waals surface area contributed by atoms with Crippen molar-refractivity contribution in [3.63, 3.8) is 0 Å². The third-order valence-corrected chi connectivity index (χ3v) is 3.45. The van der Waals surface area contributed by atoms with Crippen molar-refractivity contribution in [1.29, 1.82) is 0 Å². The second-order valence-electron chi connectivity index (χ2n) is 4.41. The Hall–Kier alpha value is -2.61. The number of aryl methyl sites for hydroxylation is 1. The third-order valence-electron chi connectivity index (χ3n) is 2.58. The number of aromatic amines is 1. The molecule has 1 amide bonds. The van der Waals surface area contributed by atoms with Crippen molar-refractivity contribution in [2.75, 3.05) is 11.1 Å². The minimum absolute atomic E-state index is 0.0453. The highest BCUT2D eigenvalue weighted by atomic mass is 32.2. The third kappa shape index (κ3) is 4.45. The molecule has 2 rings (SSSR count). The zero-order chi connectivity index (χ0) is 16.1. The van der Waals surface area contributed by atoms with E-state index in [2.05, 4.69) is 15.3 Å². The van der Waals surface area contributed by atoms with Gasteiger partial charge in [-0.15, -0.1) is 0 Å². The Labute approximate surface area is 129 Å². The van der Waals surface area contributed by atoms with Crippen LogP contribution in [0.2, 0.25) is 0 Å². The number of hydrogen-bond donors (Lipinski definition) is 3. The molecule has 0 aliphatic carbocycles. The summed E-state index contributed by atoms with van der Waals surface area (Å²) in [6.45, 7) is 1.69. The molecule has 0 radical (unpaired) electrons. The number of carboxylic acids is 1. The first-order valence-corrected chi connectivity index (χ1v) is 7.26. The summed E-state index contributed by atoms with van der Waals surface area (Å²) in [5.74, 6) is -1.34. The Kier molecular flexibility index (Phi) is 4.95. The average molecular weight is 319 g/mol. The molecule has 0 atom stereocenters. The zero-order valence-electron chi connectivity index (χ0n) is 11.6. The Morgan fingerprint density at radius 1 is 1.36 bits per heavy atom. The van der Waals surface area contributed by atoms with Crippen LogP contribution in [0.5, 0.6) is 0 Å². The molecule has 0 aliphatic heterocycles. The number of aromatic carboxylic acids is 1. The lowest BCUT2D eigenvalue weighted by Crippen LogP contribution is -2.15. The molecule has 114 valence electrons. The van der Waals surface area contributed by atoms with E-state index in [0.29, 0.717) is 16.5 Å². The molecule has 0 unspecified atom stereocenters. The Morgan fingerprint density at radius 3 is 2.82 bits per heavy atom. The van der Waals surface area contributed by atoms with Crippen LogP contribution in [0.1, 0.15) is 16.1 Å². The first kappa shape index (κ1) is 15.8. The topological polar surface area (TPSA) is 112 Å². The fraction of sp³-hybridized carbons (Fsp3) is 0.143. The normalized spacial score (nSPS) is 10.2. The van der Waals surface area contributed by atoms with Crippen LogP contribution in [0.4, 0.5) is 5.69 Å². The fourth-order valence-corrected chi connectivity index (χ4v) is 2.40. The molecule has 8 heteroatoms.